The lowest BCUT2D eigenvalue weighted by molar-refractivity contribution is -0.118. The third kappa shape index (κ3) is 1.40. The van der Waals surface area contributed by atoms with Crippen LogP contribution in [0.25, 0.3) is 0 Å². The number of anilines is 1. The first-order valence-corrected chi connectivity index (χ1v) is 3.77. The maximum atomic E-state index is 10.9. The van der Waals surface area contributed by atoms with E-state index < -0.39 is 0 Å². The molecule has 1 N–H and O–H groups in total. The van der Waals surface area contributed by atoms with Crippen LogP contribution in [-0.4, -0.2) is 24.6 Å². The van der Waals surface area contributed by atoms with Crippen molar-refractivity contribution in [1.29, 1.82) is 0 Å². The molecule has 1 aliphatic heterocycles. The Bertz CT molecular complexity index is 351. The fourth-order valence-electron chi connectivity index (χ4n) is 1.06. The molecule has 13 heavy (non-hydrogen) atoms. The van der Waals surface area contributed by atoms with Crippen LogP contribution in [0.4, 0.5) is 5.82 Å². The van der Waals surface area contributed by atoms with Crippen LogP contribution >= 0.6 is 0 Å². The van der Waals surface area contributed by atoms with Gasteiger partial charge in [-0.3, -0.25) is 4.79 Å². The summed E-state index contributed by atoms with van der Waals surface area (Å²) in [6.07, 6.45) is 0. The van der Waals surface area contributed by atoms with Crippen LogP contribution in [0.1, 0.15) is 0 Å². The molecule has 1 amide bonds. The third-order valence-electron chi connectivity index (χ3n) is 1.66. The van der Waals surface area contributed by atoms with Gasteiger partial charge in [0, 0.05) is 6.07 Å². The van der Waals surface area contributed by atoms with E-state index in [1.807, 2.05) is 0 Å². The van der Waals surface area contributed by atoms with Crippen LogP contribution in [0.2, 0.25) is 0 Å². The topological polar surface area (TPSA) is 60.5 Å². The van der Waals surface area contributed by atoms with Crippen molar-refractivity contribution < 1.29 is 14.3 Å². The van der Waals surface area contributed by atoms with Gasteiger partial charge in [-0.1, -0.05) is 0 Å². The van der Waals surface area contributed by atoms with E-state index in [9.17, 15) is 4.79 Å². The second-order valence-corrected chi connectivity index (χ2v) is 2.54. The minimum atomic E-state index is -0.201. The zero-order valence-electron chi connectivity index (χ0n) is 7.03. The number of fused-ring (bicyclic) bond motifs is 1. The molecular formula is C8H8N2O3. The molecule has 68 valence electrons. The van der Waals surface area contributed by atoms with Crippen molar-refractivity contribution in [3.8, 4) is 11.6 Å². The highest BCUT2D eigenvalue weighted by Gasteiger charge is 2.17. The summed E-state index contributed by atoms with van der Waals surface area (Å²) in [5, 5.41) is 2.58. The van der Waals surface area contributed by atoms with E-state index in [1.54, 1.807) is 12.1 Å². The number of rotatable bonds is 1. The molecule has 0 atom stereocenters. The van der Waals surface area contributed by atoms with Crippen molar-refractivity contribution in [2.45, 2.75) is 0 Å². The molecule has 2 rings (SSSR count). The van der Waals surface area contributed by atoms with E-state index in [-0.39, 0.29) is 12.5 Å². The second kappa shape index (κ2) is 2.93. The van der Waals surface area contributed by atoms with Gasteiger partial charge in [-0.25, -0.2) is 0 Å². The van der Waals surface area contributed by atoms with Crippen molar-refractivity contribution in [3.63, 3.8) is 0 Å². The molecule has 2 heterocycles. The fourth-order valence-corrected chi connectivity index (χ4v) is 1.06. The van der Waals surface area contributed by atoms with Crippen molar-refractivity contribution in [3.05, 3.63) is 12.1 Å². The molecule has 0 saturated carbocycles. The number of hydrogen-bond donors (Lipinski definition) is 1. The lowest BCUT2D eigenvalue weighted by atomic mass is 10.3. The Hall–Kier alpha value is -1.78. The lowest BCUT2D eigenvalue weighted by Gasteiger charge is -2.16. The molecule has 0 aliphatic carbocycles. The number of nitrogens with zero attached hydrogens (tertiary/aromatic N) is 1. The highest BCUT2D eigenvalue weighted by atomic mass is 16.5. The van der Waals surface area contributed by atoms with E-state index in [2.05, 4.69) is 10.3 Å². The average molecular weight is 180 g/mol. The number of pyridine rings is 1. The molecule has 5 nitrogen and oxygen atoms in total. The Balaban J connectivity index is 2.38. The van der Waals surface area contributed by atoms with Crippen LogP contribution in [0, 0.1) is 0 Å². The van der Waals surface area contributed by atoms with Gasteiger partial charge in [0.15, 0.2) is 18.2 Å². The molecule has 0 radical (unpaired) electrons. The standard InChI is InChI=1S/C8H8N2O3/c1-12-7-3-2-5-8(10-7)9-6(11)4-13-5/h2-3H,4H2,1H3,(H,9,10,11). The first-order chi connectivity index (χ1) is 6.29. The molecular weight excluding hydrogens is 172 g/mol. The largest absolute Gasteiger partial charge is 0.481 e. The molecule has 5 heteroatoms. The third-order valence-corrected chi connectivity index (χ3v) is 1.66. The van der Waals surface area contributed by atoms with E-state index in [0.717, 1.165) is 0 Å². The quantitative estimate of drug-likeness (QED) is 0.680. The Morgan fingerprint density at radius 2 is 2.46 bits per heavy atom. The predicted octanol–water partition coefficient (Wildman–Crippen LogP) is 0.421. The van der Waals surface area contributed by atoms with Gasteiger partial charge in [0.1, 0.15) is 0 Å². The van der Waals surface area contributed by atoms with Crippen LogP contribution in [0.15, 0.2) is 12.1 Å². The average Bonchev–Trinajstić information content (AvgIpc) is 2.16. The van der Waals surface area contributed by atoms with Crippen LogP contribution < -0.4 is 14.8 Å². The Morgan fingerprint density at radius 3 is 3.23 bits per heavy atom. The van der Waals surface area contributed by atoms with E-state index in [0.29, 0.717) is 17.4 Å². The predicted molar refractivity (Wildman–Crippen MR) is 44.9 cm³/mol. The Kier molecular flexibility index (Phi) is 1.77. The summed E-state index contributed by atoms with van der Waals surface area (Å²) in [5.41, 5.74) is 0. The maximum Gasteiger partial charge on any atom is 0.263 e. The number of aromatic nitrogens is 1. The van der Waals surface area contributed by atoms with Crippen LogP contribution in [-0.2, 0) is 4.79 Å². The zero-order valence-corrected chi connectivity index (χ0v) is 7.03. The minimum Gasteiger partial charge on any atom is -0.481 e. The van der Waals surface area contributed by atoms with Gasteiger partial charge in [0.25, 0.3) is 5.91 Å². The highest BCUT2D eigenvalue weighted by Crippen LogP contribution is 2.27. The molecule has 1 aromatic rings. The van der Waals surface area contributed by atoms with Crippen LogP contribution in [0.5, 0.6) is 11.6 Å². The number of carbonyl (C=O) groups excluding carboxylic acids is 1. The number of nitrogens with one attached hydrogen (secondary N) is 1. The van der Waals surface area contributed by atoms with E-state index in [4.69, 9.17) is 9.47 Å². The molecule has 1 aromatic heterocycles. The van der Waals surface area contributed by atoms with Gasteiger partial charge < -0.3 is 14.8 Å². The maximum absolute atomic E-state index is 10.9. The summed E-state index contributed by atoms with van der Waals surface area (Å²) in [6, 6.07) is 3.39. The monoisotopic (exact) mass is 180 g/mol. The van der Waals surface area contributed by atoms with Gasteiger partial charge in [0.05, 0.1) is 7.11 Å². The number of ether oxygens (including phenoxy) is 2. The smallest absolute Gasteiger partial charge is 0.263 e. The number of carbonyl (C=O) groups is 1. The molecule has 0 bridgehead atoms. The van der Waals surface area contributed by atoms with Crippen molar-refractivity contribution >= 4 is 11.7 Å². The molecule has 0 spiro atoms. The molecule has 0 saturated heterocycles. The fraction of sp³-hybridized carbons (Fsp3) is 0.250. The van der Waals surface area contributed by atoms with E-state index >= 15 is 0 Å². The molecule has 1 aliphatic rings. The van der Waals surface area contributed by atoms with Crippen LogP contribution in [0.3, 0.4) is 0 Å². The summed E-state index contributed by atoms with van der Waals surface area (Å²) in [5.74, 6) is 1.23. The van der Waals surface area contributed by atoms with E-state index in [1.165, 1.54) is 7.11 Å². The summed E-state index contributed by atoms with van der Waals surface area (Å²) in [7, 11) is 1.51. The van der Waals surface area contributed by atoms with Gasteiger partial charge >= 0.3 is 0 Å². The highest BCUT2D eigenvalue weighted by molar-refractivity contribution is 5.94. The molecule has 0 aromatic carbocycles. The first-order valence-electron chi connectivity index (χ1n) is 3.77. The normalized spacial score (nSPS) is 14.1. The van der Waals surface area contributed by atoms with Gasteiger partial charge in [-0.2, -0.15) is 4.98 Å². The lowest BCUT2D eigenvalue weighted by Crippen LogP contribution is -2.26. The van der Waals surface area contributed by atoms with Crippen molar-refractivity contribution in [1.82, 2.24) is 4.98 Å². The van der Waals surface area contributed by atoms with Gasteiger partial charge in [-0.15, -0.1) is 0 Å². The molecule has 0 fully saturated rings. The summed E-state index contributed by atoms with van der Waals surface area (Å²) in [6.45, 7) is 0.0427. The Labute approximate surface area is 74.7 Å². The number of amides is 1. The molecule has 0 unspecified atom stereocenters. The summed E-state index contributed by atoms with van der Waals surface area (Å²) < 4.78 is 10.0. The minimum absolute atomic E-state index is 0.0427. The Morgan fingerprint density at radius 1 is 1.62 bits per heavy atom. The van der Waals surface area contributed by atoms with Crippen molar-refractivity contribution in [2.75, 3.05) is 19.0 Å². The number of methoxy groups -OCH3 is 1. The summed E-state index contributed by atoms with van der Waals surface area (Å²) >= 11 is 0. The van der Waals surface area contributed by atoms with Gasteiger partial charge in [0.2, 0.25) is 5.88 Å². The zero-order chi connectivity index (χ0) is 9.26. The number of hydrogen-bond acceptors (Lipinski definition) is 4. The second-order valence-electron chi connectivity index (χ2n) is 2.54. The first kappa shape index (κ1) is 7.85. The summed E-state index contributed by atoms with van der Waals surface area (Å²) in [4.78, 5) is 14.9. The van der Waals surface area contributed by atoms with Gasteiger partial charge in [-0.05, 0) is 6.07 Å². The van der Waals surface area contributed by atoms with Crippen molar-refractivity contribution in [2.24, 2.45) is 0 Å². The SMILES string of the molecule is COc1ccc2c(n1)NC(=O)CO2.